The lowest BCUT2D eigenvalue weighted by Crippen LogP contribution is -2.59. The summed E-state index contributed by atoms with van der Waals surface area (Å²) < 4.78 is 0.841. The Kier molecular flexibility index (Phi) is 3.43. The quantitative estimate of drug-likeness (QED) is 0.901. The van der Waals surface area contributed by atoms with E-state index in [9.17, 15) is 14.7 Å². The first-order valence-corrected chi connectivity index (χ1v) is 6.56. The molecule has 0 unspecified atom stereocenters. The van der Waals surface area contributed by atoms with Gasteiger partial charge < -0.3 is 10.4 Å². The van der Waals surface area contributed by atoms with Gasteiger partial charge in [-0.2, -0.15) is 0 Å². The third-order valence-electron chi connectivity index (χ3n) is 3.48. The molecule has 0 atom stereocenters. The van der Waals surface area contributed by atoms with E-state index in [0.29, 0.717) is 18.4 Å². The van der Waals surface area contributed by atoms with Gasteiger partial charge in [-0.3, -0.25) is 4.79 Å². The van der Waals surface area contributed by atoms with Crippen molar-refractivity contribution in [2.75, 3.05) is 0 Å². The van der Waals surface area contributed by atoms with Crippen LogP contribution in [-0.2, 0) is 4.79 Å². The molecular weight excluding hydrogens is 298 g/mol. The van der Waals surface area contributed by atoms with Crippen molar-refractivity contribution in [3.8, 4) is 0 Å². The molecule has 5 heteroatoms. The van der Waals surface area contributed by atoms with Crippen LogP contribution in [0.1, 0.15) is 35.2 Å². The standard InChI is InChI=1S/C13H14BrNO3/c1-8-9(4-2-5-10(8)14)11(16)15-13(12(17)18)6-3-7-13/h2,4-5H,3,6-7H2,1H3,(H,15,16)(H,17,18). The molecule has 0 bridgehead atoms. The van der Waals surface area contributed by atoms with Gasteiger partial charge in [0.05, 0.1) is 0 Å². The molecule has 0 radical (unpaired) electrons. The van der Waals surface area contributed by atoms with Crippen molar-refractivity contribution in [2.45, 2.75) is 31.7 Å². The van der Waals surface area contributed by atoms with Gasteiger partial charge in [-0.05, 0) is 43.9 Å². The van der Waals surface area contributed by atoms with Crippen LogP contribution in [0.2, 0.25) is 0 Å². The summed E-state index contributed by atoms with van der Waals surface area (Å²) in [5, 5.41) is 11.8. The van der Waals surface area contributed by atoms with Gasteiger partial charge in [0.1, 0.15) is 5.54 Å². The summed E-state index contributed by atoms with van der Waals surface area (Å²) in [5.74, 6) is -1.27. The number of aliphatic carboxylic acids is 1. The molecule has 1 amide bonds. The number of amides is 1. The molecule has 0 aliphatic heterocycles. The van der Waals surface area contributed by atoms with Gasteiger partial charge in [0.2, 0.25) is 0 Å². The monoisotopic (exact) mass is 311 g/mol. The maximum atomic E-state index is 12.1. The summed E-state index contributed by atoms with van der Waals surface area (Å²) in [6.45, 7) is 1.83. The fraction of sp³-hybridized carbons (Fsp3) is 0.385. The molecule has 1 aliphatic rings. The average molecular weight is 312 g/mol. The third-order valence-corrected chi connectivity index (χ3v) is 4.34. The van der Waals surface area contributed by atoms with Crippen molar-refractivity contribution >= 4 is 27.8 Å². The van der Waals surface area contributed by atoms with Crippen LogP contribution in [0, 0.1) is 6.92 Å². The number of carbonyl (C=O) groups is 2. The van der Waals surface area contributed by atoms with E-state index < -0.39 is 11.5 Å². The highest BCUT2D eigenvalue weighted by molar-refractivity contribution is 9.10. The van der Waals surface area contributed by atoms with E-state index in [1.54, 1.807) is 12.1 Å². The fourth-order valence-corrected chi connectivity index (χ4v) is 2.43. The minimum Gasteiger partial charge on any atom is -0.480 e. The number of hydrogen-bond donors (Lipinski definition) is 2. The predicted octanol–water partition coefficient (Wildman–Crippen LogP) is 2.49. The van der Waals surface area contributed by atoms with Crippen molar-refractivity contribution in [1.29, 1.82) is 0 Å². The van der Waals surface area contributed by atoms with Crippen LogP contribution >= 0.6 is 15.9 Å². The van der Waals surface area contributed by atoms with Gasteiger partial charge in [0, 0.05) is 10.0 Å². The molecule has 0 aromatic heterocycles. The Morgan fingerprint density at radius 3 is 2.56 bits per heavy atom. The van der Waals surface area contributed by atoms with E-state index in [1.807, 2.05) is 13.0 Å². The Hall–Kier alpha value is -1.36. The van der Waals surface area contributed by atoms with E-state index in [4.69, 9.17) is 0 Å². The maximum absolute atomic E-state index is 12.1. The molecule has 1 saturated carbocycles. The Bertz CT molecular complexity index is 509. The number of halogens is 1. The van der Waals surface area contributed by atoms with Crippen LogP contribution in [0.3, 0.4) is 0 Å². The highest BCUT2D eigenvalue weighted by atomic mass is 79.9. The Morgan fingerprint density at radius 1 is 1.39 bits per heavy atom. The highest BCUT2D eigenvalue weighted by Crippen LogP contribution is 2.32. The number of nitrogens with one attached hydrogen (secondary N) is 1. The number of carboxylic acids is 1. The van der Waals surface area contributed by atoms with Crippen LogP contribution in [0.25, 0.3) is 0 Å². The molecule has 18 heavy (non-hydrogen) atoms. The number of carboxylic acid groups (broad SMARTS) is 1. The van der Waals surface area contributed by atoms with Gasteiger partial charge in [0.15, 0.2) is 0 Å². The third kappa shape index (κ3) is 2.14. The normalized spacial score (nSPS) is 16.8. The van der Waals surface area contributed by atoms with Crippen LogP contribution in [-0.4, -0.2) is 22.5 Å². The molecule has 0 saturated heterocycles. The highest BCUT2D eigenvalue weighted by Gasteiger charge is 2.45. The molecule has 2 rings (SSSR count). The molecule has 1 fully saturated rings. The lowest BCUT2D eigenvalue weighted by Gasteiger charge is -2.38. The fourth-order valence-electron chi connectivity index (χ4n) is 2.06. The van der Waals surface area contributed by atoms with E-state index >= 15 is 0 Å². The summed E-state index contributed by atoms with van der Waals surface area (Å²) in [6, 6.07) is 5.31. The minimum absolute atomic E-state index is 0.323. The van der Waals surface area contributed by atoms with Crippen LogP contribution < -0.4 is 5.32 Å². The molecule has 96 valence electrons. The minimum atomic E-state index is -1.06. The van der Waals surface area contributed by atoms with Gasteiger partial charge >= 0.3 is 5.97 Å². The summed E-state index contributed by atoms with van der Waals surface area (Å²) >= 11 is 3.36. The van der Waals surface area contributed by atoms with Crippen LogP contribution in [0.4, 0.5) is 0 Å². The van der Waals surface area contributed by atoms with Crippen molar-refractivity contribution < 1.29 is 14.7 Å². The van der Waals surface area contributed by atoms with Gasteiger partial charge in [-0.1, -0.05) is 22.0 Å². The Labute approximate surface area is 114 Å². The molecule has 1 aromatic rings. The predicted molar refractivity (Wildman–Crippen MR) is 70.6 cm³/mol. The summed E-state index contributed by atoms with van der Waals surface area (Å²) in [4.78, 5) is 23.3. The second-order valence-corrected chi connectivity index (χ2v) is 5.46. The largest absolute Gasteiger partial charge is 0.480 e. The molecule has 0 spiro atoms. The van der Waals surface area contributed by atoms with Gasteiger partial charge in [0.25, 0.3) is 5.91 Å². The SMILES string of the molecule is Cc1c(Br)cccc1C(=O)NC1(C(=O)O)CCC1. The van der Waals surface area contributed by atoms with E-state index in [1.165, 1.54) is 0 Å². The van der Waals surface area contributed by atoms with E-state index in [0.717, 1.165) is 16.5 Å². The lowest BCUT2D eigenvalue weighted by molar-refractivity contribution is -0.148. The summed E-state index contributed by atoms with van der Waals surface area (Å²) in [6.07, 6.45) is 1.84. The Balaban J connectivity index is 2.22. The number of benzene rings is 1. The first kappa shape index (κ1) is 13.1. The lowest BCUT2D eigenvalue weighted by atomic mass is 9.76. The average Bonchev–Trinajstić information content (AvgIpc) is 2.26. The number of carbonyl (C=O) groups excluding carboxylic acids is 1. The zero-order valence-corrected chi connectivity index (χ0v) is 11.6. The number of rotatable bonds is 3. The van der Waals surface area contributed by atoms with Crippen LogP contribution in [0.5, 0.6) is 0 Å². The molecular formula is C13H14BrNO3. The van der Waals surface area contributed by atoms with Crippen molar-refractivity contribution in [1.82, 2.24) is 5.32 Å². The Morgan fingerprint density at radius 2 is 2.06 bits per heavy atom. The molecule has 0 heterocycles. The van der Waals surface area contributed by atoms with Crippen LogP contribution in [0.15, 0.2) is 22.7 Å². The van der Waals surface area contributed by atoms with Gasteiger partial charge in [-0.15, -0.1) is 0 Å². The summed E-state index contributed by atoms with van der Waals surface area (Å²) in [7, 11) is 0. The van der Waals surface area contributed by atoms with Gasteiger partial charge in [-0.25, -0.2) is 4.79 Å². The molecule has 1 aliphatic carbocycles. The number of hydrogen-bond acceptors (Lipinski definition) is 2. The zero-order chi connectivity index (χ0) is 13.3. The van der Waals surface area contributed by atoms with E-state index in [-0.39, 0.29) is 5.91 Å². The molecule has 1 aromatic carbocycles. The van der Waals surface area contributed by atoms with Crippen molar-refractivity contribution in [3.63, 3.8) is 0 Å². The first-order chi connectivity index (χ1) is 8.46. The topological polar surface area (TPSA) is 66.4 Å². The second-order valence-electron chi connectivity index (χ2n) is 4.61. The van der Waals surface area contributed by atoms with Crippen molar-refractivity contribution in [3.05, 3.63) is 33.8 Å². The maximum Gasteiger partial charge on any atom is 0.329 e. The zero-order valence-electron chi connectivity index (χ0n) is 10.00. The van der Waals surface area contributed by atoms with E-state index in [2.05, 4.69) is 21.2 Å². The second kappa shape index (κ2) is 4.72. The van der Waals surface area contributed by atoms with Crippen molar-refractivity contribution in [2.24, 2.45) is 0 Å². The first-order valence-electron chi connectivity index (χ1n) is 5.77. The molecule has 2 N–H and O–H groups in total. The summed E-state index contributed by atoms with van der Waals surface area (Å²) in [5.41, 5.74) is 0.262. The molecule has 4 nitrogen and oxygen atoms in total. The smallest absolute Gasteiger partial charge is 0.329 e.